The number of methoxy groups -OCH3 is 1. The highest BCUT2D eigenvalue weighted by Crippen LogP contribution is 2.31. The number of rotatable bonds is 5. The molecule has 0 bridgehead atoms. The minimum Gasteiger partial charge on any atom is -0.497 e. The molecule has 0 N–H and O–H groups in total. The van der Waals surface area contributed by atoms with Crippen molar-refractivity contribution in [1.82, 2.24) is 19.8 Å². The second-order valence-corrected chi connectivity index (χ2v) is 10.3. The number of benzene rings is 1. The van der Waals surface area contributed by atoms with E-state index in [1.54, 1.807) is 7.11 Å². The molecule has 35 heavy (non-hydrogen) atoms. The summed E-state index contributed by atoms with van der Waals surface area (Å²) in [6.45, 7) is 9.60. The number of carbonyl (C=O) groups excluding carboxylic acids is 1. The summed E-state index contributed by atoms with van der Waals surface area (Å²) in [5.74, 6) is 3.61. The fraction of sp³-hybridized carbons (Fsp3) is 0.593. The quantitative estimate of drug-likeness (QED) is 0.655. The standard InChI is InChI=1S/C27H38N6O2/c1-20-7-10-32(11-8-20)27-28-24-9-12-33(25(34)18-21-5-4-6-22(17-21)35-3)19-23(24)26(29-27)31-15-13-30(2)14-16-31/h4-6,17,20H,7-16,18-19H2,1-3H3. The van der Waals surface area contributed by atoms with Crippen LogP contribution < -0.4 is 14.5 Å². The van der Waals surface area contributed by atoms with E-state index >= 15 is 0 Å². The Bertz CT molecular complexity index is 1040. The normalized spacial score (nSPS) is 19.6. The summed E-state index contributed by atoms with van der Waals surface area (Å²) in [5, 5.41) is 0. The topological polar surface area (TPSA) is 65.0 Å². The number of piperazine rings is 1. The smallest absolute Gasteiger partial charge is 0.227 e. The van der Waals surface area contributed by atoms with Gasteiger partial charge in [-0.25, -0.2) is 4.98 Å². The Kier molecular flexibility index (Phi) is 7.09. The maximum Gasteiger partial charge on any atom is 0.227 e. The van der Waals surface area contributed by atoms with Crippen LogP contribution in [0, 0.1) is 5.92 Å². The van der Waals surface area contributed by atoms with E-state index in [9.17, 15) is 4.79 Å². The predicted octanol–water partition coefficient (Wildman–Crippen LogP) is 2.60. The van der Waals surface area contributed by atoms with Gasteiger partial charge in [-0.2, -0.15) is 4.98 Å². The van der Waals surface area contributed by atoms with Crippen LogP contribution in [-0.2, 0) is 24.2 Å². The molecule has 1 amide bonds. The van der Waals surface area contributed by atoms with Crippen LogP contribution in [0.4, 0.5) is 11.8 Å². The van der Waals surface area contributed by atoms with Crippen molar-refractivity contribution in [2.45, 2.75) is 39.2 Å². The van der Waals surface area contributed by atoms with Crippen molar-refractivity contribution in [2.75, 3.05) is 69.8 Å². The number of aromatic nitrogens is 2. The highest BCUT2D eigenvalue weighted by molar-refractivity contribution is 5.79. The molecule has 8 heteroatoms. The first-order valence-corrected chi connectivity index (χ1v) is 13.0. The minimum absolute atomic E-state index is 0.141. The number of ether oxygens (including phenoxy) is 1. The van der Waals surface area contributed by atoms with Crippen LogP contribution in [0.2, 0.25) is 0 Å². The molecule has 188 valence electrons. The molecule has 1 aromatic heterocycles. The molecule has 0 radical (unpaired) electrons. The first kappa shape index (κ1) is 23.9. The zero-order chi connectivity index (χ0) is 24.4. The molecule has 2 fully saturated rings. The third-order valence-electron chi connectivity index (χ3n) is 7.74. The third-order valence-corrected chi connectivity index (χ3v) is 7.74. The summed E-state index contributed by atoms with van der Waals surface area (Å²) in [7, 11) is 3.83. The fourth-order valence-corrected chi connectivity index (χ4v) is 5.30. The zero-order valence-electron chi connectivity index (χ0n) is 21.4. The molecular weight excluding hydrogens is 440 g/mol. The Labute approximate surface area is 208 Å². The van der Waals surface area contributed by atoms with Gasteiger partial charge in [0.25, 0.3) is 0 Å². The summed E-state index contributed by atoms with van der Waals surface area (Å²) in [5.41, 5.74) is 3.23. The number of amides is 1. The average molecular weight is 479 g/mol. The molecule has 0 aliphatic carbocycles. The molecular formula is C27H38N6O2. The Balaban J connectivity index is 1.39. The summed E-state index contributed by atoms with van der Waals surface area (Å²) >= 11 is 0. The van der Waals surface area contributed by atoms with E-state index in [4.69, 9.17) is 14.7 Å². The Morgan fingerprint density at radius 3 is 2.54 bits per heavy atom. The molecule has 3 aliphatic rings. The van der Waals surface area contributed by atoms with Crippen LogP contribution in [0.15, 0.2) is 24.3 Å². The van der Waals surface area contributed by atoms with E-state index in [2.05, 4.69) is 28.7 Å². The van der Waals surface area contributed by atoms with Crippen molar-refractivity contribution in [2.24, 2.45) is 5.92 Å². The molecule has 0 spiro atoms. The number of carbonyl (C=O) groups is 1. The number of hydrogen-bond acceptors (Lipinski definition) is 7. The maximum atomic E-state index is 13.3. The van der Waals surface area contributed by atoms with E-state index in [-0.39, 0.29) is 5.91 Å². The van der Waals surface area contributed by atoms with E-state index in [1.165, 1.54) is 12.8 Å². The lowest BCUT2D eigenvalue weighted by atomic mass is 9.99. The Morgan fingerprint density at radius 1 is 1.03 bits per heavy atom. The number of nitrogens with zero attached hydrogens (tertiary/aromatic N) is 6. The van der Waals surface area contributed by atoms with Gasteiger partial charge in [-0.05, 0) is 43.5 Å². The molecule has 0 saturated carbocycles. The molecule has 2 saturated heterocycles. The molecule has 5 rings (SSSR count). The maximum absolute atomic E-state index is 13.3. The number of fused-ring (bicyclic) bond motifs is 1. The monoisotopic (exact) mass is 478 g/mol. The number of anilines is 2. The van der Waals surface area contributed by atoms with Crippen LogP contribution in [-0.4, -0.2) is 85.6 Å². The number of piperidine rings is 1. The SMILES string of the molecule is COc1cccc(CC(=O)N2CCc3nc(N4CCC(C)CC4)nc(N4CCN(C)CC4)c3C2)c1. The van der Waals surface area contributed by atoms with Gasteiger partial charge in [-0.1, -0.05) is 19.1 Å². The molecule has 0 atom stereocenters. The van der Waals surface area contributed by atoms with Gasteiger partial charge in [-0.15, -0.1) is 0 Å². The van der Waals surface area contributed by atoms with Gasteiger partial charge in [0.2, 0.25) is 11.9 Å². The number of hydrogen-bond donors (Lipinski definition) is 0. The van der Waals surface area contributed by atoms with Crippen LogP contribution in [0.3, 0.4) is 0 Å². The van der Waals surface area contributed by atoms with Crippen LogP contribution in [0.5, 0.6) is 5.75 Å². The largest absolute Gasteiger partial charge is 0.497 e. The lowest BCUT2D eigenvalue weighted by molar-refractivity contribution is -0.131. The molecule has 8 nitrogen and oxygen atoms in total. The Hall–Kier alpha value is -2.87. The van der Waals surface area contributed by atoms with Crippen LogP contribution in [0.1, 0.15) is 36.6 Å². The van der Waals surface area contributed by atoms with E-state index < -0.39 is 0 Å². The van der Waals surface area contributed by atoms with Gasteiger partial charge in [-0.3, -0.25) is 4.79 Å². The lowest BCUT2D eigenvalue weighted by Crippen LogP contribution is -2.46. The second-order valence-electron chi connectivity index (χ2n) is 10.3. The van der Waals surface area contributed by atoms with Crippen LogP contribution >= 0.6 is 0 Å². The van der Waals surface area contributed by atoms with Crippen LogP contribution in [0.25, 0.3) is 0 Å². The summed E-state index contributed by atoms with van der Waals surface area (Å²) < 4.78 is 5.33. The lowest BCUT2D eigenvalue weighted by Gasteiger charge is -2.38. The summed E-state index contributed by atoms with van der Waals surface area (Å²) in [6, 6.07) is 7.78. The zero-order valence-corrected chi connectivity index (χ0v) is 21.4. The van der Waals surface area contributed by atoms with Crippen molar-refractivity contribution in [1.29, 1.82) is 0 Å². The molecule has 2 aromatic rings. The van der Waals surface area contributed by atoms with Gasteiger partial charge in [0.05, 0.1) is 25.8 Å². The fourth-order valence-electron chi connectivity index (χ4n) is 5.30. The van der Waals surface area contributed by atoms with Gasteiger partial charge in [0, 0.05) is 57.8 Å². The van der Waals surface area contributed by atoms with Gasteiger partial charge >= 0.3 is 0 Å². The average Bonchev–Trinajstić information content (AvgIpc) is 2.89. The van der Waals surface area contributed by atoms with Gasteiger partial charge in [0.1, 0.15) is 11.6 Å². The van der Waals surface area contributed by atoms with Gasteiger partial charge < -0.3 is 24.3 Å². The molecule has 0 unspecified atom stereocenters. The summed E-state index contributed by atoms with van der Waals surface area (Å²) in [6.07, 6.45) is 3.54. The summed E-state index contributed by atoms with van der Waals surface area (Å²) in [4.78, 5) is 32.6. The minimum atomic E-state index is 0.141. The number of likely N-dealkylation sites (N-methyl/N-ethyl adjacent to an activating group) is 1. The first-order valence-electron chi connectivity index (χ1n) is 13.0. The highest BCUT2D eigenvalue weighted by atomic mass is 16.5. The molecule has 1 aromatic carbocycles. The Morgan fingerprint density at radius 2 is 1.80 bits per heavy atom. The van der Waals surface area contributed by atoms with Crippen molar-refractivity contribution in [3.8, 4) is 5.75 Å². The second kappa shape index (κ2) is 10.4. The van der Waals surface area contributed by atoms with Crippen molar-refractivity contribution in [3.63, 3.8) is 0 Å². The third kappa shape index (κ3) is 5.37. The van der Waals surface area contributed by atoms with E-state index in [0.29, 0.717) is 19.5 Å². The molecule has 3 aliphatic heterocycles. The van der Waals surface area contributed by atoms with Gasteiger partial charge in [0.15, 0.2) is 0 Å². The van der Waals surface area contributed by atoms with Crippen molar-refractivity contribution >= 4 is 17.7 Å². The van der Waals surface area contributed by atoms with Crippen molar-refractivity contribution in [3.05, 3.63) is 41.1 Å². The highest BCUT2D eigenvalue weighted by Gasteiger charge is 2.30. The molecule has 4 heterocycles. The van der Waals surface area contributed by atoms with E-state index in [0.717, 1.165) is 85.9 Å². The van der Waals surface area contributed by atoms with Crippen molar-refractivity contribution < 1.29 is 9.53 Å². The van der Waals surface area contributed by atoms with E-state index in [1.807, 2.05) is 29.2 Å². The first-order chi connectivity index (χ1) is 17.0. The predicted molar refractivity (Wildman–Crippen MR) is 138 cm³/mol.